The van der Waals surface area contributed by atoms with Gasteiger partial charge in [-0.1, -0.05) is 66.7 Å². The largest absolute Gasteiger partial charge is 0.481 e. The van der Waals surface area contributed by atoms with E-state index in [1.165, 1.54) is 0 Å². The maximum absolute atomic E-state index is 11.6. The fourth-order valence-corrected chi connectivity index (χ4v) is 2.42. The molecule has 22 heavy (non-hydrogen) atoms. The van der Waals surface area contributed by atoms with Gasteiger partial charge in [0.25, 0.3) is 0 Å². The van der Waals surface area contributed by atoms with E-state index in [9.17, 15) is 9.90 Å². The fraction of sp³-hybridized carbons (Fsp3) is 0.211. The first-order valence-electron chi connectivity index (χ1n) is 7.24. The first-order chi connectivity index (χ1) is 10.7. The molecular formula is C19H20O3. The Morgan fingerprint density at radius 3 is 2.23 bits per heavy atom. The lowest BCUT2D eigenvalue weighted by molar-refractivity contribution is -0.140. The third-order valence-corrected chi connectivity index (χ3v) is 3.58. The van der Waals surface area contributed by atoms with Gasteiger partial charge in [0.05, 0.1) is 19.1 Å². The van der Waals surface area contributed by atoms with Gasteiger partial charge in [-0.15, -0.1) is 6.58 Å². The lowest BCUT2D eigenvalue weighted by atomic mass is 9.86. The van der Waals surface area contributed by atoms with E-state index in [1.807, 2.05) is 60.7 Å². The number of hydrogen-bond acceptors (Lipinski definition) is 2. The Bertz CT molecular complexity index is 593. The summed E-state index contributed by atoms with van der Waals surface area (Å²) in [5, 5.41) is 9.54. The van der Waals surface area contributed by atoms with Crippen LogP contribution in [0.2, 0.25) is 0 Å². The van der Waals surface area contributed by atoms with E-state index in [2.05, 4.69) is 6.58 Å². The van der Waals surface area contributed by atoms with Gasteiger partial charge < -0.3 is 9.84 Å². The van der Waals surface area contributed by atoms with Crippen molar-refractivity contribution in [2.45, 2.75) is 12.5 Å². The highest BCUT2D eigenvalue weighted by molar-refractivity contribution is 5.76. The predicted molar refractivity (Wildman–Crippen MR) is 86.6 cm³/mol. The highest BCUT2D eigenvalue weighted by atomic mass is 16.5. The first-order valence-corrected chi connectivity index (χ1v) is 7.24. The van der Waals surface area contributed by atoms with Crippen molar-refractivity contribution in [3.05, 3.63) is 84.4 Å². The van der Waals surface area contributed by atoms with Crippen LogP contribution in [0.1, 0.15) is 17.0 Å². The molecule has 0 bridgehead atoms. The summed E-state index contributed by atoms with van der Waals surface area (Å²) in [7, 11) is 0. The third kappa shape index (κ3) is 4.30. The van der Waals surface area contributed by atoms with Crippen LogP contribution in [0.3, 0.4) is 0 Å². The molecule has 0 aliphatic rings. The van der Waals surface area contributed by atoms with Crippen LogP contribution >= 0.6 is 0 Å². The molecule has 3 nitrogen and oxygen atoms in total. The van der Waals surface area contributed by atoms with Gasteiger partial charge in [-0.25, -0.2) is 0 Å². The van der Waals surface area contributed by atoms with E-state index in [0.29, 0.717) is 13.2 Å². The Hall–Kier alpha value is -2.39. The molecule has 0 amide bonds. The number of benzene rings is 2. The third-order valence-electron chi connectivity index (χ3n) is 3.58. The van der Waals surface area contributed by atoms with E-state index in [4.69, 9.17) is 4.74 Å². The molecule has 0 aromatic heterocycles. The molecule has 0 heterocycles. The minimum atomic E-state index is -0.862. The van der Waals surface area contributed by atoms with Gasteiger partial charge in [0.1, 0.15) is 0 Å². The van der Waals surface area contributed by atoms with E-state index in [-0.39, 0.29) is 5.92 Å². The standard InChI is InChI=1S/C19H20O3/c1-2-16(14-22-13-15-9-5-3-6-10-15)18(19(20)21)17-11-7-4-8-12-17/h2-12,16,18H,1,13-14H2,(H,20,21)/t16-,18-/m0/s1. The van der Waals surface area contributed by atoms with Crippen LogP contribution in [-0.2, 0) is 16.1 Å². The van der Waals surface area contributed by atoms with Crippen LogP contribution in [0.15, 0.2) is 73.3 Å². The van der Waals surface area contributed by atoms with Gasteiger partial charge in [0, 0.05) is 5.92 Å². The first kappa shape index (κ1) is 16.0. The van der Waals surface area contributed by atoms with E-state index in [0.717, 1.165) is 11.1 Å². The fourth-order valence-electron chi connectivity index (χ4n) is 2.42. The molecule has 2 aromatic rings. The number of carboxylic acid groups (broad SMARTS) is 1. The molecule has 0 aliphatic heterocycles. The zero-order valence-corrected chi connectivity index (χ0v) is 12.4. The summed E-state index contributed by atoms with van der Waals surface area (Å²) < 4.78 is 5.69. The second kappa shape index (κ2) is 8.15. The van der Waals surface area contributed by atoms with Crippen LogP contribution < -0.4 is 0 Å². The molecule has 2 rings (SSSR count). The lowest BCUT2D eigenvalue weighted by Crippen LogP contribution is -2.24. The Morgan fingerprint density at radius 2 is 1.68 bits per heavy atom. The molecule has 1 N–H and O–H groups in total. The summed E-state index contributed by atoms with van der Waals surface area (Å²) in [6.07, 6.45) is 1.66. The Balaban J connectivity index is 2.02. The maximum atomic E-state index is 11.6. The second-order valence-corrected chi connectivity index (χ2v) is 5.13. The van der Waals surface area contributed by atoms with Crippen molar-refractivity contribution in [3.8, 4) is 0 Å². The Morgan fingerprint density at radius 1 is 1.09 bits per heavy atom. The topological polar surface area (TPSA) is 46.5 Å². The molecule has 2 atom stereocenters. The van der Waals surface area contributed by atoms with Crippen LogP contribution in [0.4, 0.5) is 0 Å². The minimum Gasteiger partial charge on any atom is -0.481 e. The van der Waals surface area contributed by atoms with Crippen molar-refractivity contribution < 1.29 is 14.6 Å². The zero-order valence-electron chi connectivity index (χ0n) is 12.4. The average molecular weight is 296 g/mol. The maximum Gasteiger partial charge on any atom is 0.311 e. The highest BCUT2D eigenvalue weighted by Crippen LogP contribution is 2.26. The molecule has 2 aromatic carbocycles. The number of hydrogen-bond donors (Lipinski definition) is 1. The van der Waals surface area contributed by atoms with Gasteiger partial charge in [0.2, 0.25) is 0 Å². The number of rotatable bonds is 8. The molecule has 0 saturated heterocycles. The Kier molecular flexibility index (Phi) is 5.92. The molecule has 0 saturated carbocycles. The van der Waals surface area contributed by atoms with Gasteiger partial charge in [-0.2, -0.15) is 0 Å². The smallest absolute Gasteiger partial charge is 0.311 e. The molecular weight excluding hydrogens is 276 g/mol. The number of carboxylic acids is 1. The van der Waals surface area contributed by atoms with Crippen LogP contribution in [-0.4, -0.2) is 17.7 Å². The SMILES string of the molecule is C=C[C@@H](COCc1ccccc1)[C@H](C(=O)O)c1ccccc1. The Labute approximate surface area is 130 Å². The molecule has 0 fully saturated rings. The van der Waals surface area contributed by atoms with Crippen LogP contribution in [0, 0.1) is 5.92 Å². The van der Waals surface area contributed by atoms with E-state index < -0.39 is 11.9 Å². The van der Waals surface area contributed by atoms with Crippen molar-refractivity contribution in [3.63, 3.8) is 0 Å². The molecule has 3 heteroatoms. The van der Waals surface area contributed by atoms with Gasteiger partial charge in [-0.3, -0.25) is 4.79 Å². The zero-order chi connectivity index (χ0) is 15.8. The number of aliphatic carboxylic acids is 1. The van der Waals surface area contributed by atoms with Gasteiger partial charge in [0.15, 0.2) is 0 Å². The number of ether oxygens (including phenoxy) is 1. The van der Waals surface area contributed by atoms with Crippen molar-refractivity contribution in [1.29, 1.82) is 0 Å². The van der Waals surface area contributed by atoms with E-state index >= 15 is 0 Å². The van der Waals surface area contributed by atoms with Crippen LogP contribution in [0.5, 0.6) is 0 Å². The van der Waals surface area contributed by atoms with Gasteiger partial charge >= 0.3 is 5.97 Å². The highest BCUT2D eigenvalue weighted by Gasteiger charge is 2.27. The molecule has 114 valence electrons. The average Bonchev–Trinajstić information content (AvgIpc) is 2.55. The quantitative estimate of drug-likeness (QED) is 0.752. The molecule has 0 radical (unpaired) electrons. The minimum absolute atomic E-state index is 0.274. The van der Waals surface area contributed by atoms with E-state index in [1.54, 1.807) is 6.08 Å². The summed E-state index contributed by atoms with van der Waals surface area (Å²) in [6, 6.07) is 19.0. The predicted octanol–water partition coefficient (Wildman–Crippen LogP) is 3.87. The van der Waals surface area contributed by atoms with Crippen LogP contribution in [0.25, 0.3) is 0 Å². The van der Waals surface area contributed by atoms with Crippen molar-refractivity contribution in [1.82, 2.24) is 0 Å². The molecule has 0 unspecified atom stereocenters. The summed E-state index contributed by atoms with van der Waals surface area (Å²) in [4.78, 5) is 11.6. The normalized spacial score (nSPS) is 13.3. The summed E-state index contributed by atoms with van der Waals surface area (Å²) in [5.74, 6) is -1.78. The number of carbonyl (C=O) groups is 1. The monoisotopic (exact) mass is 296 g/mol. The summed E-state index contributed by atoms with van der Waals surface area (Å²) in [5.41, 5.74) is 1.83. The summed E-state index contributed by atoms with van der Waals surface area (Å²) >= 11 is 0. The lowest BCUT2D eigenvalue weighted by Gasteiger charge is -2.21. The van der Waals surface area contributed by atoms with Gasteiger partial charge in [-0.05, 0) is 11.1 Å². The van der Waals surface area contributed by atoms with Crippen molar-refractivity contribution in [2.75, 3.05) is 6.61 Å². The summed E-state index contributed by atoms with van der Waals surface area (Å²) in [6.45, 7) is 4.56. The second-order valence-electron chi connectivity index (χ2n) is 5.13. The molecule has 0 aliphatic carbocycles. The van der Waals surface area contributed by atoms with Crippen molar-refractivity contribution >= 4 is 5.97 Å². The molecule has 0 spiro atoms. The van der Waals surface area contributed by atoms with Crippen molar-refractivity contribution in [2.24, 2.45) is 5.92 Å².